The van der Waals surface area contributed by atoms with Crippen LogP contribution in [0.5, 0.6) is 0 Å². The normalized spacial score (nSPS) is 14.4. The predicted molar refractivity (Wildman–Crippen MR) is 103 cm³/mol. The first kappa shape index (κ1) is 18.5. The molecule has 136 valence electrons. The lowest BCUT2D eigenvalue weighted by molar-refractivity contribution is -0.138. The van der Waals surface area contributed by atoms with Gasteiger partial charge < -0.3 is 9.80 Å². The zero-order valence-corrected chi connectivity index (χ0v) is 15.7. The molecule has 1 fully saturated rings. The van der Waals surface area contributed by atoms with Crippen molar-refractivity contribution in [2.75, 3.05) is 26.2 Å². The van der Waals surface area contributed by atoms with E-state index in [4.69, 9.17) is 11.6 Å². The summed E-state index contributed by atoms with van der Waals surface area (Å²) in [4.78, 5) is 28.6. The van der Waals surface area contributed by atoms with E-state index in [0.717, 1.165) is 11.1 Å². The molecule has 5 heteroatoms. The van der Waals surface area contributed by atoms with Crippen molar-refractivity contribution in [3.63, 3.8) is 0 Å². The fraction of sp³-hybridized carbons (Fsp3) is 0.333. The number of benzene rings is 2. The van der Waals surface area contributed by atoms with E-state index in [1.165, 1.54) is 5.56 Å². The minimum atomic E-state index is 0.0590. The Balaban J connectivity index is 1.50. The molecule has 2 aromatic rings. The molecule has 0 unspecified atom stereocenters. The van der Waals surface area contributed by atoms with Crippen molar-refractivity contribution in [3.8, 4) is 0 Å². The lowest BCUT2D eigenvalue weighted by Crippen LogP contribution is -2.51. The summed E-state index contributed by atoms with van der Waals surface area (Å²) in [7, 11) is 0. The van der Waals surface area contributed by atoms with Gasteiger partial charge in [0, 0.05) is 31.2 Å². The van der Waals surface area contributed by atoms with Gasteiger partial charge >= 0.3 is 0 Å². The number of rotatable bonds is 4. The highest BCUT2D eigenvalue weighted by Crippen LogP contribution is 2.17. The summed E-state index contributed by atoms with van der Waals surface area (Å²) in [6, 6.07) is 15.5. The van der Waals surface area contributed by atoms with Crippen LogP contribution in [0.1, 0.15) is 16.7 Å². The Kier molecular flexibility index (Phi) is 5.94. The second-order valence-corrected chi connectivity index (χ2v) is 7.10. The van der Waals surface area contributed by atoms with Crippen molar-refractivity contribution in [1.82, 2.24) is 9.80 Å². The highest BCUT2D eigenvalue weighted by Gasteiger charge is 2.24. The van der Waals surface area contributed by atoms with Crippen LogP contribution in [-0.4, -0.2) is 47.8 Å². The van der Waals surface area contributed by atoms with Gasteiger partial charge in [-0.3, -0.25) is 9.59 Å². The second kappa shape index (κ2) is 8.37. The van der Waals surface area contributed by atoms with Gasteiger partial charge in [0.1, 0.15) is 0 Å². The molecule has 0 aromatic heterocycles. The van der Waals surface area contributed by atoms with Crippen LogP contribution in [0.15, 0.2) is 48.5 Å². The molecule has 1 heterocycles. The standard InChI is InChI=1S/C21H23ClN2O2/c1-16-6-8-17(9-7-16)14-20(25)23-10-12-24(13-11-23)21(26)15-18-4-2-3-5-19(18)22/h2-9H,10-15H2,1H3. The topological polar surface area (TPSA) is 40.6 Å². The van der Waals surface area contributed by atoms with Crippen molar-refractivity contribution in [2.24, 2.45) is 0 Å². The lowest BCUT2D eigenvalue weighted by atomic mass is 10.1. The smallest absolute Gasteiger partial charge is 0.227 e. The summed E-state index contributed by atoms with van der Waals surface area (Å²) < 4.78 is 0. The summed E-state index contributed by atoms with van der Waals surface area (Å²) in [6.45, 7) is 4.34. The number of aryl methyl sites for hydroxylation is 1. The van der Waals surface area contributed by atoms with Crippen LogP contribution in [0.3, 0.4) is 0 Å². The van der Waals surface area contributed by atoms with Crippen LogP contribution in [-0.2, 0) is 22.4 Å². The summed E-state index contributed by atoms with van der Waals surface area (Å²) in [5.74, 6) is 0.177. The van der Waals surface area contributed by atoms with Crippen molar-refractivity contribution < 1.29 is 9.59 Å². The van der Waals surface area contributed by atoms with Crippen molar-refractivity contribution in [1.29, 1.82) is 0 Å². The Labute approximate surface area is 159 Å². The molecule has 1 aliphatic rings. The number of amides is 2. The third-order valence-electron chi connectivity index (χ3n) is 4.76. The summed E-state index contributed by atoms with van der Waals surface area (Å²) in [6.07, 6.45) is 0.713. The number of hydrogen-bond acceptors (Lipinski definition) is 2. The van der Waals surface area contributed by atoms with E-state index >= 15 is 0 Å². The molecule has 0 radical (unpaired) electrons. The summed E-state index contributed by atoms with van der Waals surface area (Å²) in [5, 5.41) is 0.618. The molecule has 1 aliphatic heterocycles. The third-order valence-corrected chi connectivity index (χ3v) is 5.13. The van der Waals surface area contributed by atoms with Crippen LogP contribution in [0, 0.1) is 6.92 Å². The number of carbonyl (C=O) groups is 2. The lowest BCUT2D eigenvalue weighted by Gasteiger charge is -2.35. The molecule has 0 aliphatic carbocycles. The second-order valence-electron chi connectivity index (χ2n) is 6.69. The van der Waals surface area contributed by atoms with Gasteiger partial charge in [-0.15, -0.1) is 0 Å². The maximum absolute atomic E-state index is 12.5. The van der Waals surface area contributed by atoms with Gasteiger partial charge in [-0.1, -0.05) is 59.6 Å². The van der Waals surface area contributed by atoms with Gasteiger partial charge in [0.2, 0.25) is 11.8 Å². The Morgan fingerprint density at radius 2 is 1.38 bits per heavy atom. The fourth-order valence-corrected chi connectivity index (χ4v) is 3.32. The van der Waals surface area contributed by atoms with E-state index in [1.807, 2.05) is 59.2 Å². The van der Waals surface area contributed by atoms with Gasteiger partial charge in [-0.2, -0.15) is 0 Å². The van der Waals surface area contributed by atoms with Gasteiger partial charge in [0.25, 0.3) is 0 Å². The first-order valence-electron chi connectivity index (χ1n) is 8.87. The van der Waals surface area contributed by atoms with Gasteiger partial charge in [0.15, 0.2) is 0 Å². The van der Waals surface area contributed by atoms with Crippen LogP contribution in [0.25, 0.3) is 0 Å². The fourth-order valence-electron chi connectivity index (χ4n) is 3.11. The number of piperazine rings is 1. The van der Waals surface area contributed by atoms with Gasteiger partial charge in [-0.05, 0) is 24.1 Å². The molecule has 0 N–H and O–H groups in total. The van der Waals surface area contributed by atoms with Gasteiger partial charge in [0.05, 0.1) is 12.8 Å². The number of nitrogens with zero attached hydrogens (tertiary/aromatic N) is 2. The minimum Gasteiger partial charge on any atom is -0.339 e. The molecular weight excluding hydrogens is 348 g/mol. The maximum Gasteiger partial charge on any atom is 0.227 e. The zero-order chi connectivity index (χ0) is 18.5. The monoisotopic (exact) mass is 370 g/mol. The van der Waals surface area contributed by atoms with E-state index in [1.54, 1.807) is 6.07 Å². The Hall–Kier alpha value is -2.33. The SMILES string of the molecule is Cc1ccc(CC(=O)N2CCN(C(=O)Cc3ccccc3Cl)CC2)cc1. The first-order valence-corrected chi connectivity index (χ1v) is 9.25. The van der Waals surface area contributed by atoms with Gasteiger partial charge in [-0.25, -0.2) is 0 Å². The van der Waals surface area contributed by atoms with Crippen molar-refractivity contribution in [2.45, 2.75) is 19.8 Å². The Morgan fingerprint density at radius 1 is 0.846 bits per heavy atom. The predicted octanol–water partition coefficient (Wildman–Crippen LogP) is 3.10. The summed E-state index contributed by atoms with van der Waals surface area (Å²) in [5.41, 5.74) is 3.06. The molecule has 26 heavy (non-hydrogen) atoms. The van der Waals surface area contributed by atoms with E-state index in [2.05, 4.69) is 0 Å². The highest BCUT2D eigenvalue weighted by atomic mass is 35.5. The molecule has 2 aromatic carbocycles. The molecule has 0 atom stereocenters. The highest BCUT2D eigenvalue weighted by molar-refractivity contribution is 6.31. The first-order chi connectivity index (χ1) is 12.5. The van der Waals surface area contributed by atoms with Crippen LogP contribution in [0.4, 0.5) is 0 Å². The summed E-state index contributed by atoms with van der Waals surface area (Å²) >= 11 is 6.14. The zero-order valence-electron chi connectivity index (χ0n) is 15.0. The molecule has 0 spiro atoms. The number of halogens is 1. The van der Waals surface area contributed by atoms with Crippen molar-refractivity contribution in [3.05, 3.63) is 70.2 Å². The van der Waals surface area contributed by atoms with E-state index in [0.29, 0.717) is 44.0 Å². The van der Waals surface area contributed by atoms with Crippen molar-refractivity contribution >= 4 is 23.4 Å². The number of carbonyl (C=O) groups excluding carboxylic acids is 2. The molecule has 3 rings (SSSR count). The van der Waals surface area contributed by atoms with Crippen LogP contribution in [0.2, 0.25) is 5.02 Å². The quantitative estimate of drug-likeness (QED) is 0.829. The molecule has 0 bridgehead atoms. The molecular formula is C21H23ClN2O2. The van der Waals surface area contributed by atoms with Crippen LogP contribution >= 0.6 is 11.6 Å². The molecule has 4 nitrogen and oxygen atoms in total. The Bertz CT molecular complexity index is 781. The Morgan fingerprint density at radius 3 is 1.96 bits per heavy atom. The molecule has 1 saturated heterocycles. The van der Waals surface area contributed by atoms with E-state index in [-0.39, 0.29) is 11.8 Å². The average molecular weight is 371 g/mol. The molecule has 0 saturated carbocycles. The third kappa shape index (κ3) is 4.64. The van der Waals surface area contributed by atoms with Crippen LogP contribution < -0.4 is 0 Å². The largest absolute Gasteiger partial charge is 0.339 e. The average Bonchev–Trinajstić information content (AvgIpc) is 2.65. The van der Waals surface area contributed by atoms with E-state index < -0.39 is 0 Å². The van der Waals surface area contributed by atoms with E-state index in [9.17, 15) is 9.59 Å². The maximum atomic E-state index is 12.5. The minimum absolute atomic E-state index is 0.0590. The molecule has 2 amide bonds. The number of hydrogen-bond donors (Lipinski definition) is 0.